The number of hydrogen-bond donors (Lipinski definition) is 0. The number of nitrogens with zero attached hydrogens (tertiary/aromatic N) is 3. The first-order valence-corrected chi connectivity index (χ1v) is 11.9. The number of rotatable bonds is 6. The SMILES string of the molecule is Cc1nn(-c2nc(-c3ccc(CC(F)(F)F)cc3)c(SC(C)C)s2)cc1-c1cccc(F)c1. The zero-order valence-electron chi connectivity index (χ0n) is 18.2. The highest BCUT2D eigenvalue weighted by molar-refractivity contribution is 8.01. The van der Waals surface area contributed by atoms with Gasteiger partial charge in [-0.1, -0.05) is 61.6 Å². The highest BCUT2D eigenvalue weighted by Gasteiger charge is 2.27. The Morgan fingerprint density at radius 3 is 2.42 bits per heavy atom. The van der Waals surface area contributed by atoms with Gasteiger partial charge in [0.1, 0.15) is 5.82 Å². The molecular formula is C24H21F4N3S2. The van der Waals surface area contributed by atoms with Gasteiger partial charge >= 0.3 is 6.18 Å². The molecule has 0 radical (unpaired) electrons. The monoisotopic (exact) mass is 491 g/mol. The number of aromatic nitrogens is 3. The van der Waals surface area contributed by atoms with Crippen molar-refractivity contribution < 1.29 is 17.6 Å². The Bertz CT molecular complexity index is 1260. The third kappa shape index (κ3) is 5.65. The lowest BCUT2D eigenvalue weighted by atomic mass is 10.1. The molecule has 0 unspecified atom stereocenters. The molecule has 33 heavy (non-hydrogen) atoms. The summed E-state index contributed by atoms with van der Waals surface area (Å²) in [6.45, 7) is 6.00. The lowest BCUT2D eigenvalue weighted by molar-refractivity contribution is -0.127. The van der Waals surface area contributed by atoms with Gasteiger partial charge in [-0.05, 0) is 30.2 Å². The molecule has 3 nitrogen and oxygen atoms in total. The van der Waals surface area contributed by atoms with Crippen molar-refractivity contribution in [3.05, 3.63) is 71.8 Å². The fourth-order valence-corrected chi connectivity index (χ4v) is 5.83. The first kappa shape index (κ1) is 23.5. The predicted molar refractivity (Wildman–Crippen MR) is 126 cm³/mol. The topological polar surface area (TPSA) is 30.7 Å². The fraction of sp³-hybridized carbons (Fsp3) is 0.250. The van der Waals surface area contributed by atoms with Gasteiger partial charge in [-0.15, -0.1) is 11.8 Å². The van der Waals surface area contributed by atoms with Crippen molar-refractivity contribution >= 4 is 23.1 Å². The number of halogens is 4. The highest BCUT2D eigenvalue weighted by Crippen LogP contribution is 2.40. The summed E-state index contributed by atoms with van der Waals surface area (Å²) in [7, 11) is 0. The van der Waals surface area contributed by atoms with E-state index in [-0.39, 0.29) is 11.4 Å². The van der Waals surface area contributed by atoms with E-state index in [4.69, 9.17) is 4.98 Å². The van der Waals surface area contributed by atoms with Crippen molar-refractivity contribution in [1.82, 2.24) is 14.8 Å². The van der Waals surface area contributed by atoms with Crippen LogP contribution in [-0.4, -0.2) is 26.2 Å². The summed E-state index contributed by atoms with van der Waals surface area (Å²) >= 11 is 3.11. The second-order valence-corrected chi connectivity index (χ2v) is 10.7. The summed E-state index contributed by atoms with van der Waals surface area (Å²) < 4.78 is 54.4. The summed E-state index contributed by atoms with van der Waals surface area (Å²) in [5, 5.41) is 5.51. The summed E-state index contributed by atoms with van der Waals surface area (Å²) in [6, 6.07) is 12.7. The van der Waals surface area contributed by atoms with Gasteiger partial charge in [0.25, 0.3) is 0 Å². The van der Waals surface area contributed by atoms with Crippen molar-refractivity contribution in [2.75, 3.05) is 0 Å². The molecule has 4 aromatic rings. The van der Waals surface area contributed by atoms with Crippen molar-refractivity contribution in [1.29, 1.82) is 0 Å². The second-order valence-electron chi connectivity index (χ2n) is 7.87. The largest absolute Gasteiger partial charge is 0.393 e. The molecule has 0 saturated carbocycles. The van der Waals surface area contributed by atoms with Crippen molar-refractivity contribution in [2.45, 2.75) is 42.8 Å². The smallest absolute Gasteiger partial charge is 0.217 e. The van der Waals surface area contributed by atoms with Crippen molar-refractivity contribution in [2.24, 2.45) is 0 Å². The Morgan fingerprint density at radius 2 is 1.79 bits per heavy atom. The Morgan fingerprint density at radius 1 is 1.06 bits per heavy atom. The predicted octanol–water partition coefficient (Wildman–Crippen LogP) is 7.72. The Balaban J connectivity index is 1.71. The van der Waals surface area contributed by atoms with E-state index in [2.05, 4.69) is 18.9 Å². The van der Waals surface area contributed by atoms with Gasteiger partial charge < -0.3 is 0 Å². The number of thioether (sulfide) groups is 1. The highest BCUT2D eigenvalue weighted by atomic mass is 32.2. The molecule has 0 N–H and O–H groups in total. The van der Waals surface area contributed by atoms with Crippen LogP contribution in [0.25, 0.3) is 27.5 Å². The third-order valence-electron chi connectivity index (χ3n) is 4.79. The van der Waals surface area contributed by atoms with Crippen LogP contribution in [0.15, 0.2) is 58.9 Å². The zero-order chi connectivity index (χ0) is 23.8. The van der Waals surface area contributed by atoms with E-state index in [1.165, 1.54) is 35.6 Å². The summed E-state index contributed by atoms with van der Waals surface area (Å²) in [4.78, 5) is 4.78. The van der Waals surface area contributed by atoms with E-state index >= 15 is 0 Å². The molecule has 0 aliphatic carbocycles. The molecule has 0 saturated heterocycles. The molecular weight excluding hydrogens is 470 g/mol. The van der Waals surface area contributed by atoms with Gasteiger partial charge in [-0.25, -0.2) is 14.1 Å². The maximum absolute atomic E-state index is 13.7. The number of thiazole rings is 1. The molecule has 2 aromatic heterocycles. The van der Waals surface area contributed by atoms with Crippen LogP contribution in [0.1, 0.15) is 25.1 Å². The third-order valence-corrected chi connectivity index (χ3v) is 7.05. The molecule has 4 rings (SSSR count). The molecule has 0 amide bonds. The van der Waals surface area contributed by atoms with E-state index in [9.17, 15) is 17.6 Å². The molecule has 2 aromatic carbocycles. The standard InChI is InChI=1S/C24H21F4N3S2/c1-14(2)32-22-21(17-9-7-16(8-10-17)12-24(26,27)28)29-23(33-22)31-13-20(15(3)30-31)18-5-4-6-19(25)11-18/h4-11,13-14H,12H2,1-3H3. The Hall–Kier alpha value is -2.65. The maximum Gasteiger partial charge on any atom is 0.393 e. The molecule has 0 spiro atoms. The maximum atomic E-state index is 13.7. The quantitative estimate of drug-likeness (QED) is 0.204. The average molecular weight is 492 g/mol. The Kier molecular flexibility index (Phi) is 6.63. The number of aryl methyl sites for hydroxylation is 1. The molecule has 2 heterocycles. The summed E-state index contributed by atoms with van der Waals surface area (Å²) in [5.41, 5.74) is 3.95. The molecule has 0 aliphatic heterocycles. The molecule has 0 bridgehead atoms. The number of benzene rings is 2. The van der Waals surface area contributed by atoms with Crippen LogP contribution in [0.5, 0.6) is 0 Å². The molecule has 0 aliphatic rings. The van der Waals surface area contributed by atoms with Gasteiger partial charge in [-0.3, -0.25) is 0 Å². The van der Waals surface area contributed by atoms with Gasteiger partial charge in [0.05, 0.1) is 22.0 Å². The first-order chi connectivity index (χ1) is 15.6. The van der Waals surface area contributed by atoms with E-state index in [0.717, 1.165) is 26.6 Å². The van der Waals surface area contributed by atoms with Crippen LogP contribution in [0, 0.1) is 12.7 Å². The lowest BCUT2D eigenvalue weighted by Gasteiger charge is -2.08. The fourth-order valence-electron chi connectivity index (χ4n) is 3.38. The number of hydrogen-bond acceptors (Lipinski definition) is 4. The van der Waals surface area contributed by atoms with Gasteiger partial charge in [-0.2, -0.15) is 18.3 Å². The van der Waals surface area contributed by atoms with Crippen LogP contribution in [-0.2, 0) is 6.42 Å². The van der Waals surface area contributed by atoms with E-state index in [1.54, 1.807) is 34.6 Å². The van der Waals surface area contributed by atoms with E-state index in [1.807, 2.05) is 19.2 Å². The van der Waals surface area contributed by atoms with Crippen LogP contribution in [0.2, 0.25) is 0 Å². The number of alkyl halides is 3. The molecule has 0 atom stereocenters. The average Bonchev–Trinajstić information content (AvgIpc) is 3.30. The minimum atomic E-state index is -4.24. The zero-order valence-corrected chi connectivity index (χ0v) is 19.8. The van der Waals surface area contributed by atoms with Gasteiger partial charge in [0, 0.05) is 22.6 Å². The van der Waals surface area contributed by atoms with E-state index in [0.29, 0.717) is 16.1 Å². The molecule has 9 heteroatoms. The first-order valence-electron chi connectivity index (χ1n) is 10.2. The Labute approximate surface area is 197 Å². The van der Waals surface area contributed by atoms with Crippen molar-refractivity contribution in [3.8, 4) is 27.5 Å². The minimum absolute atomic E-state index is 0.210. The van der Waals surface area contributed by atoms with Crippen LogP contribution in [0.3, 0.4) is 0 Å². The van der Waals surface area contributed by atoms with E-state index < -0.39 is 12.6 Å². The minimum Gasteiger partial charge on any atom is -0.217 e. The molecule has 172 valence electrons. The lowest BCUT2D eigenvalue weighted by Crippen LogP contribution is -2.11. The normalized spacial score (nSPS) is 12.0. The second kappa shape index (κ2) is 9.30. The van der Waals surface area contributed by atoms with Crippen molar-refractivity contribution in [3.63, 3.8) is 0 Å². The molecule has 0 fully saturated rings. The summed E-state index contributed by atoms with van der Waals surface area (Å²) in [5.74, 6) is -0.319. The van der Waals surface area contributed by atoms with Gasteiger partial charge in [0.15, 0.2) is 0 Å². The van der Waals surface area contributed by atoms with Crippen LogP contribution in [0.4, 0.5) is 17.6 Å². The van der Waals surface area contributed by atoms with Crippen LogP contribution < -0.4 is 0 Å². The van der Waals surface area contributed by atoms with Crippen LogP contribution >= 0.6 is 23.1 Å². The summed E-state index contributed by atoms with van der Waals surface area (Å²) in [6.07, 6.45) is -3.38. The van der Waals surface area contributed by atoms with Gasteiger partial charge in [0.2, 0.25) is 5.13 Å².